The van der Waals surface area contributed by atoms with Gasteiger partial charge in [-0.3, -0.25) is 4.79 Å². The summed E-state index contributed by atoms with van der Waals surface area (Å²) in [7, 11) is 0. The van der Waals surface area contributed by atoms with Gasteiger partial charge in [-0.25, -0.2) is 0 Å². The highest BCUT2D eigenvalue weighted by molar-refractivity contribution is 5.79. The predicted molar refractivity (Wildman–Crippen MR) is 89.0 cm³/mol. The zero-order valence-corrected chi connectivity index (χ0v) is 13.8. The normalized spacial score (nSPS) is 17.5. The number of unbranched alkanes of at least 4 members (excludes halogenated alkanes) is 2. The van der Waals surface area contributed by atoms with Crippen molar-refractivity contribution in [1.29, 1.82) is 0 Å². The number of ether oxygens (including phenoxy) is 1. The molecule has 2 rings (SSSR count). The van der Waals surface area contributed by atoms with Crippen molar-refractivity contribution in [1.82, 2.24) is 10.6 Å². The summed E-state index contributed by atoms with van der Waals surface area (Å²) in [6.45, 7) is 7.26. The molecule has 1 atom stereocenters. The Balaban J connectivity index is 1.89. The molecular formula is C18H28N2O2. The molecule has 1 aliphatic rings. The first-order valence-electron chi connectivity index (χ1n) is 8.41. The van der Waals surface area contributed by atoms with E-state index in [9.17, 15) is 4.79 Å². The lowest BCUT2D eigenvalue weighted by Crippen LogP contribution is -2.31. The molecule has 0 aliphatic carbocycles. The van der Waals surface area contributed by atoms with Crippen molar-refractivity contribution >= 4 is 5.91 Å². The van der Waals surface area contributed by atoms with Gasteiger partial charge in [0.2, 0.25) is 5.91 Å². The number of amides is 1. The van der Waals surface area contributed by atoms with Crippen LogP contribution in [0.4, 0.5) is 0 Å². The Morgan fingerprint density at radius 1 is 1.41 bits per heavy atom. The van der Waals surface area contributed by atoms with Crippen LogP contribution in [0.1, 0.15) is 43.7 Å². The molecule has 2 N–H and O–H groups in total. The molecular weight excluding hydrogens is 276 g/mol. The molecule has 0 spiro atoms. The lowest BCUT2D eigenvalue weighted by atomic mass is 10.1. The Kier molecular flexibility index (Phi) is 6.72. The lowest BCUT2D eigenvalue weighted by molar-refractivity contribution is -0.124. The number of hydrogen-bond donors (Lipinski definition) is 2. The van der Waals surface area contributed by atoms with Crippen molar-refractivity contribution in [3.63, 3.8) is 0 Å². The molecule has 1 aromatic rings. The molecule has 1 fully saturated rings. The Labute approximate surface area is 133 Å². The third kappa shape index (κ3) is 5.02. The summed E-state index contributed by atoms with van der Waals surface area (Å²) in [6, 6.07) is 6.18. The van der Waals surface area contributed by atoms with Crippen LogP contribution in [-0.2, 0) is 11.3 Å². The maximum Gasteiger partial charge on any atom is 0.224 e. The van der Waals surface area contributed by atoms with Crippen LogP contribution in [-0.4, -0.2) is 25.6 Å². The van der Waals surface area contributed by atoms with Crippen LogP contribution in [0.5, 0.6) is 5.75 Å². The summed E-state index contributed by atoms with van der Waals surface area (Å²) in [6.07, 6.45) is 4.38. The number of aryl methyl sites for hydroxylation is 1. The van der Waals surface area contributed by atoms with Crippen LogP contribution in [0.3, 0.4) is 0 Å². The third-order valence-corrected chi connectivity index (χ3v) is 4.11. The predicted octanol–water partition coefficient (Wildman–Crippen LogP) is 2.79. The Hall–Kier alpha value is -1.55. The minimum Gasteiger partial charge on any atom is -0.493 e. The van der Waals surface area contributed by atoms with Gasteiger partial charge >= 0.3 is 0 Å². The van der Waals surface area contributed by atoms with Gasteiger partial charge in [0.1, 0.15) is 5.75 Å². The fraction of sp³-hybridized carbons (Fsp3) is 0.611. The quantitative estimate of drug-likeness (QED) is 0.726. The molecule has 1 aromatic carbocycles. The molecule has 22 heavy (non-hydrogen) atoms. The molecule has 1 amide bonds. The highest BCUT2D eigenvalue weighted by Crippen LogP contribution is 2.21. The Morgan fingerprint density at radius 2 is 2.27 bits per heavy atom. The smallest absolute Gasteiger partial charge is 0.224 e. The van der Waals surface area contributed by atoms with Crippen molar-refractivity contribution in [2.24, 2.45) is 5.92 Å². The number of carbonyl (C=O) groups is 1. The fourth-order valence-corrected chi connectivity index (χ4v) is 2.68. The van der Waals surface area contributed by atoms with Crippen LogP contribution < -0.4 is 15.4 Å². The van der Waals surface area contributed by atoms with E-state index in [-0.39, 0.29) is 11.8 Å². The molecule has 1 heterocycles. The monoisotopic (exact) mass is 304 g/mol. The maximum atomic E-state index is 12.1. The Morgan fingerprint density at radius 3 is 3.00 bits per heavy atom. The molecule has 0 radical (unpaired) electrons. The van der Waals surface area contributed by atoms with Gasteiger partial charge in [-0.2, -0.15) is 0 Å². The standard InChI is InChI=1S/C18H28N2O2/c1-3-4-5-10-22-17-11-14(2)6-7-15(17)13-20-18(21)16-8-9-19-12-16/h6-7,11,16,19H,3-5,8-10,12-13H2,1-2H3,(H,20,21). The largest absolute Gasteiger partial charge is 0.493 e. The van der Waals surface area contributed by atoms with E-state index in [1.807, 2.05) is 0 Å². The van der Waals surface area contributed by atoms with Crippen molar-refractivity contribution in [2.45, 2.75) is 46.1 Å². The van der Waals surface area contributed by atoms with Crippen LogP contribution in [0, 0.1) is 12.8 Å². The maximum absolute atomic E-state index is 12.1. The van der Waals surface area contributed by atoms with Crippen molar-refractivity contribution in [2.75, 3.05) is 19.7 Å². The molecule has 122 valence electrons. The molecule has 0 saturated carbocycles. The van der Waals surface area contributed by atoms with Crippen molar-refractivity contribution < 1.29 is 9.53 Å². The highest BCUT2D eigenvalue weighted by atomic mass is 16.5. The Bertz CT molecular complexity index is 482. The third-order valence-electron chi connectivity index (χ3n) is 4.11. The number of hydrogen-bond acceptors (Lipinski definition) is 3. The molecule has 1 unspecified atom stereocenters. The van der Waals surface area contributed by atoms with Gasteiger partial charge in [0.15, 0.2) is 0 Å². The molecule has 0 bridgehead atoms. The molecule has 0 aromatic heterocycles. The van der Waals surface area contributed by atoms with Gasteiger partial charge < -0.3 is 15.4 Å². The summed E-state index contributed by atoms with van der Waals surface area (Å²) in [5.41, 5.74) is 2.24. The molecule has 4 heteroatoms. The zero-order valence-electron chi connectivity index (χ0n) is 13.8. The van der Waals surface area contributed by atoms with Crippen LogP contribution in [0.15, 0.2) is 18.2 Å². The molecule has 1 aliphatic heterocycles. The number of rotatable bonds is 8. The second kappa shape index (κ2) is 8.79. The summed E-state index contributed by atoms with van der Waals surface area (Å²) >= 11 is 0. The first kappa shape index (κ1) is 16.8. The van der Waals surface area contributed by atoms with Crippen molar-refractivity contribution in [3.05, 3.63) is 29.3 Å². The number of benzene rings is 1. The van der Waals surface area contributed by atoms with E-state index >= 15 is 0 Å². The van der Waals surface area contributed by atoms with Crippen LogP contribution in [0.25, 0.3) is 0 Å². The SMILES string of the molecule is CCCCCOc1cc(C)ccc1CNC(=O)C1CCNC1. The lowest BCUT2D eigenvalue weighted by Gasteiger charge is -2.14. The average Bonchev–Trinajstić information content (AvgIpc) is 3.05. The van der Waals surface area contributed by atoms with Crippen molar-refractivity contribution in [3.8, 4) is 5.75 Å². The van der Waals surface area contributed by atoms with Gasteiger partial charge in [-0.1, -0.05) is 31.9 Å². The summed E-state index contributed by atoms with van der Waals surface area (Å²) in [5, 5.41) is 6.27. The first-order chi connectivity index (χ1) is 10.7. The minimum absolute atomic E-state index is 0.111. The van der Waals surface area contributed by atoms with E-state index < -0.39 is 0 Å². The minimum atomic E-state index is 0.111. The van der Waals surface area contributed by atoms with E-state index in [1.165, 1.54) is 18.4 Å². The second-order valence-electron chi connectivity index (χ2n) is 6.07. The zero-order chi connectivity index (χ0) is 15.8. The van der Waals surface area contributed by atoms with Gasteiger partial charge in [0.25, 0.3) is 0 Å². The number of carbonyl (C=O) groups excluding carboxylic acids is 1. The van der Waals surface area contributed by atoms with Gasteiger partial charge in [-0.05, 0) is 37.9 Å². The van der Waals surface area contributed by atoms with E-state index in [0.29, 0.717) is 6.54 Å². The number of nitrogens with one attached hydrogen (secondary N) is 2. The van der Waals surface area contributed by atoms with E-state index in [2.05, 4.69) is 42.7 Å². The van der Waals surface area contributed by atoms with E-state index in [1.54, 1.807) is 0 Å². The summed E-state index contributed by atoms with van der Waals surface area (Å²) in [5.74, 6) is 1.16. The molecule has 1 saturated heterocycles. The first-order valence-corrected chi connectivity index (χ1v) is 8.41. The topological polar surface area (TPSA) is 50.4 Å². The van der Waals surface area contributed by atoms with E-state index in [4.69, 9.17) is 4.74 Å². The average molecular weight is 304 g/mol. The molecule has 4 nitrogen and oxygen atoms in total. The van der Waals surface area contributed by atoms with Crippen LogP contribution >= 0.6 is 0 Å². The summed E-state index contributed by atoms with van der Waals surface area (Å²) < 4.78 is 5.91. The van der Waals surface area contributed by atoms with Gasteiger partial charge in [0, 0.05) is 18.7 Å². The van der Waals surface area contributed by atoms with Crippen LogP contribution in [0.2, 0.25) is 0 Å². The fourth-order valence-electron chi connectivity index (χ4n) is 2.68. The highest BCUT2D eigenvalue weighted by Gasteiger charge is 2.22. The van der Waals surface area contributed by atoms with Gasteiger partial charge in [-0.15, -0.1) is 0 Å². The van der Waals surface area contributed by atoms with E-state index in [0.717, 1.165) is 43.9 Å². The van der Waals surface area contributed by atoms with Gasteiger partial charge in [0.05, 0.1) is 12.5 Å². The second-order valence-corrected chi connectivity index (χ2v) is 6.07. The summed E-state index contributed by atoms with van der Waals surface area (Å²) in [4.78, 5) is 12.1.